The van der Waals surface area contributed by atoms with E-state index < -0.39 is 0 Å². The van der Waals surface area contributed by atoms with E-state index in [9.17, 15) is 0 Å². The standard InChI is InChI=1S/C13H21NO/c1-4-12(14)9-11-7-5-6-8-13(11)15-10(2)3/h5-8,10,12H,4,9,14H2,1-3H3. The molecule has 2 heteroatoms. The Kier molecular flexibility index (Phi) is 4.63. The zero-order chi connectivity index (χ0) is 11.3. The summed E-state index contributed by atoms with van der Waals surface area (Å²) in [5.74, 6) is 0.969. The molecule has 0 heterocycles. The number of ether oxygens (including phenoxy) is 1. The fourth-order valence-corrected chi connectivity index (χ4v) is 1.47. The molecule has 1 atom stereocenters. The van der Waals surface area contributed by atoms with Crippen molar-refractivity contribution in [3.05, 3.63) is 29.8 Å². The van der Waals surface area contributed by atoms with Crippen molar-refractivity contribution in [2.24, 2.45) is 5.73 Å². The van der Waals surface area contributed by atoms with Gasteiger partial charge in [0.15, 0.2) is 0 Å². The second kappa shape index (κ2) is 5.76. The van der Waals surface area contributed by atoms with Crippen molar-refractivity contribution in [3.63, 3.8) is 0 Å². The first-order valence-corrected chi connectivity index (χ1v) is 5.63. The van der Waals surface area contributed by atoms with Crippen LogP contribution in [0.5, 0.6) is 5.75 Å². The van der Waals surface area contributed by atoms with Gasteiger partial charge >= 0.3 is 0 Å². The van der Waals surface area contributed by atoms with Crippen molar-refractivity contribution in [1.29, 1.82) is 0 Å². The van der Waals surface area contributed by atoms with Gasteiger partial charge in [-0.1, -0.05) is 25.1 Å². The predicted octanol–water partition coefficient (Wildman–Crippen LogP) is 2.75. The van der Waals surface area contributed by atoms with Gasteiger partial charge in [0, 0.05) is 6.04 Å². The lowest BCUT2D eigenvalue weighted by atomic mass is 10.0. The van der Waals surface area contributed by atoms with Gasteiger partial charge in [-0.15, -0.1) is 0 Å². The zero-order valence-corrected chi connectivity index (χ0v) is 9.86. The highest BCUT2D eigenvalue weighted by Gasteiger charge is 2.08. The van der Waals surface area contributed by atoms with E-state index in [1.165, 1.54) is 5.56 Å². The number of nitrogens with two attached hydrogens (primary N) is 1. The Labute approximate surface area is 92.4 Å². The Morgan fingerprint density at radius 1 is 1.27 bits per heavy atom. The number of rotatable bonds is 5. The molecular weight excluding hydrogens is 186 g/mol. The molecule has 0 radical (unpaired) electrons. The monoisotopic (exact) mass is 207 g/mol. The lowest BCUT2D eigenvalue weighted by Crippen LogP contribution is -2.22. The van der Waals surface area contributed by atoms with Gasteiger partial charge in [0.2, 0.25) is 0 Å². The van der Waals surface area contributed by atoms with E-state index in [0.29, 0.717) is 0 Å². The summed E-state index contributed by atoms with van der Waals surface area (Å²) in [6.45, 7) is 6.18. The maximum absolute atomic E-state index is 5.95. The van der Waals surface area contributed by atoms with Gasteiger partial charge in [-0.3, -0.25) is 0 Å². The highest BCUT2D eigenvalue weighted by atomic mass is 16.5. The molecule has 1 aromatic carbocycles. The normalized spacial score (nSPS) is 12.9. The van der Waals surface area contributed by atoms with E-state index in [0.717, 1.165) is 18.6 Å². The molecule has 1 aromatic rings. The first-order valence-electron chi connectivity index (χ1n) is 5.63. The largest absolute Gasteiger partial charge is 0.491 e. The summed E-state index contributed by atoms with van der Waals surface area (Å²) in [7, 11) is 0. The van der Waals surface area contributed by atoms with Crippen LogP contribution >= 0.6 is 0 Å². The van der Waals surface area contributed by atoms with E-state index in [1.54, 1.807) is 0 Å². The number of para-hydroxylation sites is 1. The molecule has 0 aliphatic rings. The van der Waals surface area contributed by atoms with Gasteiger partial charge in [-0.05, 0) is 38.3 Å². The summed E-state index contributed by atoms with van der Waals surface area (Å²) in [4.78, 5) is 0. The molecule has 0 aliphatic heterocycles. The van der Waals surface area contributed by atoms with E-state index in [2.05, 4.69) is 13.0 Å². The van der Waals surface area contributed by atoms with E-state index in [4.69, 9.17) is 10.5 Å². The molecule has 0 saturated carbocycles. The van der Waals surface area contributed by atoms with Crippen LogP contribution in [0.15, 0.2) is 24.3 Å². The zero-order valence-electron chi connectivity index (χ0n) is 9.86. The SMILES string of the molecule is CCC(N)Cc1ccccc1OC(C)C. The predicted molar refractivity (Wildman–Crippen MR) is 64.2 cm³/mol. The molecule has 1 unspecified atom stereocenters. The quantitative estimate of drug-likeness (QED) is 0.805. The maximum atomic E-state index is 5.95. The van der Waals surface area contributed by atoms with Crippen LogP contribution in [0.25, 0.3) is 0 Å². The third kappa shape index (κ3) is 3.92. The summed E-state index contributed by atoms with van der Waals surface area (Å²) >= 11 is 0. The fraction of sp³-hybridized carbons (Fsp3) is 0.538. The van der Waals surface area contributed by atoms with Gasteiger partial charge in [0.25, 0.3) is 0 Å². The van der Waals surface area contributed by atoms with Gasteiger partial charge in [-0.25, -0.2) is 0 Å². The van der Waals surface area contributed by atoms with Crippen LogP contribution < -0.4 is 10.5 Å². The van der Waals surface area contributed by atoms with Crippen molar-refractivity contribution in [2.45, 2.75) is 45.8 Å². The molecule has 0 aliphatic carbocycles. The van der Waals surface area contributed by atoms with Gasteiger partial charge < -0.3 is 10.5 Å². The molecule has 1 rings (SSSR count). The minimum atomic E-state index is 0.212. The molecule has 0 saturated heterocycles. The minimum Gasteiger partial charge on any atom is -0.491 e. The van der Waals surface area contributed by atoms with Gasteiger partial charge in [-0.2, -0.15) is 0 Å². The first kappa shape index (κ1) is 12.1. The lowest BCUT2D eigenvalue weighted by molar-refractivity contribution is 0.239. The van der Waals surface area contributed by atoms with Crippen molar-refractivity contribution in [1.82, 2.24) is 0 Å². The topological polar surface area (TPSA) is 35.2 Å². The minimum absolute atomic E-state index is 0.212. The van der Waals surface area contributed by atoms with Gasteiger partial charge in [0.05, 0.1) is 6.10 Å². The molecule has 2 N–H and O–H groups in total. The van der Waals surface area contributed by atoms with Crippen molar-refractivity contribution < 1.29 is 4.74 Å². The Balaban J connectivity index is 2.76. The molecular formula is C13H21NO. The van der Waals surface area contributed by atoms with Crippen LogP contribution in [-0.4, -0.2) is 12.1 Å². The number of benzene rings is 1. The van der Waals surface area contributed by atoms with E-state index in [-0.39, 0.29) is 12.1 Å². The lowest BCUT2D eigenvalue weighted by Gasteiger charge is -2.16. The van der Waals surface area contributed by atoms with Crippen molar-refractivity contribution in [3.8, 4) is 5.75 Å². The van der Waals surface area contributed by atoms with Crippen LogP contribution in [0.3, 0.4) is 0 Å². The van der Waals surface area contributed by atoms with Crippen molar-refractivity contribution in [2.75, 3.05) is 0 Å². The maximum Gasteiger partial charge on any atom is 0.122 e. The first-order chi connectivity index (χ1) is 7.13. The molecule has 84 valence electrons. The average Bonchev–Trinajstić information content (AvgIpc) is 2.20. The summed E-state index contributed by atoms with van der Waals surface area (Å²) in [6, 6.07) is 8.36. The Morgan fingerprint density at radius 2 is 1.93 bits per heavy atom. The smallest absolute Gasteiger partial charge is 0.122 e. The summed E-state index contributed by atoms with van der Waals surface area (Å²) in [5, 5.41) is 0. The van der Waals surface area contributed by atoms with E-state index >= 15 is 0 Å². The second-order valence-electron chi connectivity index (χ2n) is 4.15. The highest BCUT2D eigenvalue weighted by Crippen LogP contribution is 2.20. The average molecular weight is 207 g/mol. The van der Waals surface area contributed by atoms with Crippen LogP contribution in [-0.2, 0) is 6.42 Å². The molecule has 0 bridgehead atoms. The third-order valence-corrected chi connectivity index (χ3v) is 2.34. The summed E-state index contributed by atoms with van der Waals surface area (Å²) < 4.78 is 5.74. The number of hydrogen-bond acceptors (Lipinski definition) is 2. The van der Waals surface area contributed by atoms with E-state index in [1.807, 2.05) is 32.0 Å². The van der Waals surface area contributed by atoms with Crippen molar-refractivity contribution >= 4 is 0 Å². The second-order valence-corrected chi connectivity index (χ2v) is 4.15. The van der Waals surface area contributed by atoms with Crippen LogP contribution in [0.1, 0.15) is 32.8 Å². The van der Waals surface area contributed by atoms with Crippen LogP contribution in [0, 0.1) is 0 Å². The van der Waals surface area contributed by atoms with Crippen LogP contribution in [0.2, 0.25) is 0 Å². The fourth-order valence-electron chi connectivity index (χ4n) is 1.47. The molecule has 0 amide bonds. The molecule has 0 aromatic heterocycles. The Hall–Kier alpha value is -1.02. The summed E-state index contributed by atoms with van der Waals surface area (Å²) in [5.41, 5.74) is 7.16. The summed E-state index contributed by atoms with van der Waals surface area (Å²) in [6.07, 6.45) is 2.10. The number of hydrogen-bond donors (Lipinski definition) is 1. The molecule has 2 nitrogen and oxygen atoms in total. The third-order valence-electron chi connectivity index (χ3n) is 2.34. The molecule has 0 fully saturated rings. The Bertz CT molecular complexity index is 296. The van der Waals surface area contributed by atoms with Gasteiger partial charge in [0.1, 0.15) is 5.75 Å². The Morgan fingerprint density at radius 3 is 2.53 bits per heavy atom. The highest BCUT2D eigenvalue weighted by molar-refractivity contribution is 5.34. The molecule has 15 heavy (non-hydrogen) atoms. The molecule has 0 spiro atoms. The van der Waals surface area contributed by atoms with Crippen LogP contribution in [0.4, 0.5) is 0 Å².